The summed E-state index contributed by atoms with van der Waals surface area (Å²) in [6, 6.07) is 6.04. The monoisotopic (exact) mass is 265 g/mol. The number of benzene rings is 1. The third-order valence-electron chi connectivity index (χ3n) is 3.71. The number of aryl methyl sites for hydroxylation is 2. The largest absolute Gasteiger partial charge is 0.338 e. The van der Waals surface area contributed by atoms with Gasteiger partial charge in [0.25, 0.3) is 5.91 Å². The number of hydrogen-bond donors (Lipinski definition) is 0. The van der Waals surface area contributed by atoms with E-state index in [0.717, 1.165) is 36.2 Å². The number of piperidine rings is 1. The van der Waals surface area contributed by atoms with Gasteiger partial charge in [0.05, 0.1) is 0 Å². The van der Waals surface area contributed by atoms with Crippen molar-refractivity contribution < 1.29 is 4.79 Å². The SMILES string of the molecule is Cc1ccc(C)c(C(=O)N2CCC(Cl)C(C)C2)c1. The summed E-state index contributed by atoms with van der Waals surface area (Å²) in [4.78, 5) is 14.4. The molecule has 98 valence electrons. The van der Waals surface area contributed by atoms with Crippen LogP contribution in [-0.2, 0) is 0 Å². The smallest absolute Gasteiger partial charge is 0.254 e. The van der Waals surface area contributed by atoms with E-state index in [1.807, 2.05) is 36.9 Å². The zero-order valence-corrected chi connectivity index (χ0v) is 12.0. The molecule has 1 amide bonds. The Morgan fingerprint density at radius 3 is 2.78 bits per heavy atom. The number of carbonyl (C=O) groups is 1. The average Bonchev–Trinajstić information content (AvgIpc) is 2.35. The van der Waals surface area contributed by atoms with Crippen LogP contribution < -0.4 is 0 Å². The lowest BCUT2D eigenvalue weighted by atomic mass is 9.97. The lowest BCUT2D eigenvalue weighted by Crippen LogP contribution is -2.43. The number of likely N-dealkylation sites (tertiary alicyclic amines) is 1. The van der Waals surface area contributed by atoms with Crippen molar-refractivity contribution in [3.05, 3.63) is 34.9 Å². The molecule has 2 nitrogen and oxygen atoms in total. The topological polar surface area (TPSA) is 20.3 Å². The molecule has 0 bridgehead atoms. The lowest BCUT2D eigenvalue weighted by Gasteiger charge is -2.34. The normalized spacial score (nSPS) is 24.1. The molecule has 1 aliphatic heterocycles. The molecule has 2 rings (SSSR count). The Kier molecular flexibility index (Phi) is 3.96. The van der Waals surface area contributed by atoms with E-state index in [2.05, 4.69) is 6.92 Å². The standard InChI is InChI=1S/C15H20ClNO/c1-10-4-5-11(2)13(8-10)15(18)17-7-6-14(16)12(3)9-17/h4-5,8,12,14H,6-7,9H2,1-3H3. The molecular weight excluding hydrogens is 246 g/mol. The first-order chi connectivity index (χ1) is 8.49. The van der Waals surface area contributed by atoms with Crippen molar-refractivity contribution in [2.24, 2.45) is 5.92 Å². The molecule has 0 saturated carbocycles. The quantitative estimate of drug-likeness (QED) is 0.713. The Labute approximate surface area is 114 Å². The first-order valence-electron chi connectivity index (χ1n) is 6.49. The minimum absolute atomic E-state index is 0.145. The molecule has 1 aromatic rings. The molecule has 0 aliphatic carbocycles. The highest BCUT2D eigenvalue weighted by Crippen LogP contribution is 2.24. The predicted molar refractivity (Wildman–Crippen MR) is 75.2 cm³/mol. The van der Waals surface area contributed by atoms with E-state index in [0.29, 0.717) is 5.92 Å². The van der Waals surface area contributed by atoms with E-state index in [1.54, 1.807) is 0 Å². The fourth-order valence-electron chi connectivity index (χ4n) is 2.44. The Bertz CT molecular complexity index is 458. The minimum Gasteiger partial charge on any atom is -0.338 e. The van der Waals surface area contributed by atoms with E-state index in [9.17, 15) is 4.79 Å². The zero-order chi connectivity index (χ0) is 13.3. The van der Waals surface area contributed by atoms with E-state index in [4.69, 9.17) is 11.6 Å². The molecule has 2 atom stereocenters. The van der Waals surface area contributed by atoms with Crippen LogP contribution in [0.5, 0.6) is 0 Å². The third-order valence-corrected chi connectivity index (χ3v) is 4.36. The maximum Gasteiger partial charge on any atom is 0.254 e. The number of carbonyl (C=O) groups excluding carboxylic acids is 1. The van der Waals surface area contributed by atoms with Crippen molar-refractivity contribution in [3.8, 4) is 0 Å². The van der Waals surface area contributed by atoms with Crippen LogP contribution in [0.4, 0.5) is 0 Å². The molecule has 18 heavy (non-hydrogen) atoms. The highest BCUT2D eigenvalue weighted by molar-refractivity contribution is 6.20. The molecule has 1 fully saturated rings. The summed E-state index contributed by atoms with van der Waals surface area (Å²) in [6.45, 7) is 7.65. The van der Waals surface area contributed by atoms with Gasteiger partial charge in [0.15, 0.2) is 0 Å². The average molecular weight is 266 g/mol. The van der Waals surface area contributed by atoms with Crippen LogP contribution in [0, 0.1) is 19.8 Å². The number of rotatable bonds is 1. The van der Waals surface area contributed by atoms with Crippen LogP contribution in [0.1, 0.15) is 34.8 Å². The Morgan fingerprint density at radius 2 is 2.11 bits per heavy atom. The molecule has 1 heterocycles. The summed E-state index contributed by atoms with van der Waals surface area (Å²) in [5, 5.41) is 0.202. The maximum absolute atomic E-state index is 12.5. The fourth-order valence-corrected chi connectivity index (χ4v) is 2.62. The van der Waals surface area contributed by atoms with Crippen molar-refractivity contribution in [2.75, 3.05) is 13.1 Å². The third kappa shape index (κ3) is 2.69. The number of amides is 1. The lowest BCUT2D eigenvalue weighted by molar-refractivity contribution is 0.0686. The summed E-state index contributed by atoms with van der Waals surface area (Å²) in [5.74, 6) is 0.515. The van der Waals surface area contributed by atoms with Crippen LogP contribution in [0.2, 0.25) is 0 Å². The molecule has 0 aromatic heterocycles. The second-order valence-electron chi connectivity index (χ2n) is 5.35. The van der Waals surface area contributed by atoms with Gasteiger partial charge in [-0.05, 0) is 37.8 Å². The van der Waals surface area contributed by atoms with Crippen LogP contribution in [-0.4, -0.2) is 29.3 Å². The van der Waals surface area contributed by atoms with Gasteiger partial charge in [0, 0.05) is 24.0 Å². The van der Waals surface area contributed by atoms with Gasteiger partial charge in [0.2, 0.25) is 0 Å². The van der Waals surface area contributed by atoms with Crippen molar-refractivity contribution in [3.63, 3.8) is 0 Å². The van der Waals surface area contributed by atoms with Crippen LogP contribution in [0.3, 0.4) is 0 Å². The van der Waals surface area contributed by atoms with Gasteiger partial charge in [-0.2, -0.15) is 0 Å². The van der Waals surface area contributed by atoms with E-state index < -0.39 is 0 Å². The van der Waals surface area contributed by atoms with Gasteiger partial charge in [-0.1, -0.05) is 24.6 Å². The maximum atomic E-state index is 12.5. The molecular formula is C15H20ClNO. The second kappa shape index (κ2) is 5.31. The first kappa shape index (κ1) is 13.4. The van der Waals surface area contributed by atoms with Gasteiger partial charge >= 0.3 is 0 Å². The van der Waals surface area contributed by atoms with Crippen molar-refractivity contribution >= 4 is 17.5 Å². The predicted octanol–water partition coefficient (Wildman–Crippen LogP) is 3.39. The van der Waals surface area contributed by atoms with Crippen molar-refractivity contribution in [1.29, 1.82) is 0 Å². The highest BCUT2D eigenvalue weighted by Gasteiger charge is 2.28. The van der Waals surface area contributed by atoms with Gasteiger partial charge in [0.1, 0.15) is 0 Å². The number of nitrogens with zero attached hydrogens (tertiary/aromatic N) is 1. The van der Waals surface area contributed by atoms with Gasteiger partial charge < -0.3 is 4.90 Å². The van der Waals surface area contributed by atoms with Crippen LogP contribution in [0.15, 0.2) is 18.2 Å². The summed E-state index contributed by atoms with van der Waals surface area (Å²) in [5.41, 5.74) is 3.01. The number of alkyl halides is 1. The first-order valence-corrected chi connectivity index (χ1v) is 6.93. The summed E-state index contributed by atoms with van der Waals surface area (Å²) >= 11 is 6.20. The van der Waals surface area contributed by atoms with Gasteiger partial charge in [-0.25, -0.2) is 0 Å². The molecule has 1 saturated heterocycles. The van der Waals surface area contributed by atoms with Gasteiger partial charge in [-0.15, -0.1) is 11.6 Å². The Balaban J connectivity index is 2.19. The molecule has 0 N–H and O–H groups in total. The summed E-state index contributed by atoms with van der Waals surface area (Å²) < 4.78 is 0. The highest BCUT2D eigenvalue weighted by atomic mass is 35.5. The summed E-state index contributed by atoms with van der Waals surface area (Å²) in [6.07, 6.45) is 0.888. The zero-order valence-electron chi connectivity index (χ0n) is 11.2. The molecule has 3 heteroatoms. The van der Waals surface area contributed by atoms with E-state index in [1.165, 1.54) is 0 Å². The summed E-state index contributed by atoms with van der Waals surface area (Å²) in [7, 11) is 0. The van der Waals surface area contributed by atoms with E-state index >= 15 is 0 Å². The van der Waals surface area contributed by atoms with Crippen LogP contribution >= 0.6 is 11.6 Å². The minimum atomic E-state index is 0.145. The van der Waals surface area contributed by atoms with Crippen molar-refractivity contribution in [2.45, 2.75) is 32.6 Å². The van der Waals surface area contributed by atoms with Crippen molar-refractivity contribution in [1.82, 2.24) is 4.90 Å². The second-order valence-corrected chi connectivity index (χ2v) is 5.91. The molecule has 1 aliphatic rings. The Hall–Kier alpha value is -1.02. The number of hydrogen-bond acceptors (Lipinski definition) is 1. The number of halogens is 1. The van der Waals surface area contributed by atoms with E-state index in [-0.39, 0.29) is 11.3 Å². The van der Waals surface area contributed by atoms with Crippen LogP contribution in [0.25, 0.3) is 0 Å². The van der Waals surface area contributed by atoms with Gasteiger partial charge in [-0.3, -0.25) is 4.79 Å². The fraction of sp³-hybridized carbons (Fsp3) is 0.533. The molecule has 0 radical (unpaired) electrons. The Morgan fingerprint density at radius 1 is 1.39 bits per heavy atom. The molecule has 1 aromatic carbocycles. The molecule has 0 spiro atoms. The molecule has 2 unspecified atom stereocenters.